The smallest absolute Gasteiger partial charge is 0.246 e. The zero-order valence-corrected chi connectivity index (χ0v) is 18.9. The third-order valence-electron chi connectivity index (χ3n) is 5.24. The molecule has 0 aliphatic carbocycles. The number of ketones is 2. The molecule has 0 aromatic heterocycles. The molecule has 2 aromatic rings. The number of hydrogen-bond acceptors (Lipinski definition) is 4. The number of nitrogens with one attached hydrogen (secondary N) is 2. The predicted octanol–water partition coefficient (Wildman–Crippen LogP) is 4.48. The van der Waals surface area contributed by atoms with Crippen LogP contribution in [0.2, 0.25) is 0 Å². The number of carbonyl (C=O) groups excluding carboxylic acids is 4. The molecule has 6 heteroatoms. The molecule has 0 aliphatic heterocycles. The van der Waals surface area contributed by atoms with E-state index in [1.165, 1.54) is 6.92 Å². The fourth-order valence-electron chi connectivity index (χ4n) is 3.36. The highest BCUT2D eigenvalue weighted by Gasteiger charge is 2.21. The van der Waals surface area contributed by atoms with Gasteiger partial charge >= 0.3 is 0 Å². The van der Waals surface area contributed by atoms with Gasteiger partial charge in [0.05, 0.1) is 6.42 Å². The first-order valence-electron chi connectivity index (χ1n) is 11.2. The molecule has 6 nitrogen and oxygen atoms in total. The van der Waals surface area contributed by atoms with E-state index in [4.69, 9.17) is 0 Å². The number of hydrogen-bond donors (Lipinski definition) is 2. The van der Waals surface area contributed by atoms with Crippen LogP contribution in [-0.4, -0.2) is 29.4 Å². The predicted molar refractivity (Wildman–Crippen MR) is 126 cm³/mol. The monoisotopic (exact) mass is 436 g/mol. The minimum Gasteiger partial charge on any atom is -0.344 e. The molecule has 2 aromatic carbocycles. The van der Waals surface area contributed by atoms with Crippen LogP contribution >= 0.6 is 0 Å². The van der Waals surface area contributed by atoms with Crippen LogP contribution in [0.25, 0.3) is 0 Å². The van der Waals surface area contributed by atoms with Crippen LogP contribution in [0, 0.1) is 0 Å². The topological polar surface area (TPSA) is 92.3 Å². The van der Waals surface area contributed by atoms with Gasteiger partial charge in [0.15, 0.2) is 5.78 Å². The Hall–Kier alpha value is -3.28. The van der Waals surface area contributed by atoms with Crippen molar-refractivity contribution in [3.63, 3.8) is 0 Å². The van der Waals surface area contributed by atoms with Gasteiger partial charge in [-0.2, -0.15) is 0 Å². The number of Topliss-reactive ketones (excluding diaryl/α,β-unsaturated/α-hetero) is 2. The standard InChI is InChI=1S/C26H32N2O4/c1-3-23(30)15-8-5-9-16-24(28-25(31)17-20-11-6-4-7-12-20)26(32)27-22-14-10-13-21(18-22)19(2)29/h4,6-7,10-14,18,24H,3,5,8-9,15-17H2,1-2H3,(H,27,32)(H,28,31). The van der Waals surface area contributed by atoms with E-state index in [1.54, 1.807) is 24.3 Å². The number of rotatable bonds is 13. The summed E-state index contributed by atoms with van der Waals surface area (Å²) in [4.78, 5) is 48.6. The van der Waals surface area contributed by atoms with Crippen LogP contribution < -0.4 is 10.6 Å². The van der Waals surface area contributed by atoms with E-state index in [9.17, 15) is 19.2 Å². The number of amides is 2. The first kappa shape index (κ1) is 25.0. The van der Waals surface area contributed by atoms with E-state index in [0.29, 0.717) is 36.9 Å². The molecule has 0 bridgehead atoms. The highest BCUT2D eigenvalue weighted by molar-refractivity contribution is 5.99. The molecule has 0 fully saturated rings. The van der Waals surface area contributed by atoms with Crippen LogP contribution in [0.5, 0.6) is 0 Å². The molecule has 1 unspecified atom stereocenters. The Kier molecular flexibility index (Phi) is 10.3. The molecule has 1 atom stereocenters. The summed E-state index contributed by atoms with van der Waals surface area (Å²) in [5.41, 5.74) is 1.89. The lowest BCUT2D eigenvalue weighted by Crippen LogP contribution is -2.44. The molecule has 32 heavy (non-hydrogen) atoms. The minimum atomic E-state index is -0.700. The molecule has 0 saturated carbocycles. The van der Waals surface area contributed by atoms with Crippen molar-refractivity contribution in [2.75, 3.05) is 5.32 Å². The van der Waals surface area contributed by atoms with Crippen LogP contribution in [0.15, 0.2) is 54.6 Å². The van der Waals surface area contributed by atoms with Crippen molar-refractivity contribution >= 4 is 29.1 Å². The normalized spacial score (nSPS) is 11.4. The van der Waals surface area contributed by atoms with Gasteiger partial charge in [0, 0.05) is 24.1 Å². The summed E-state index contributed by atoms with van der Waals surface area (Å²) in [6.45, 7) is 3.32. The Labute approximate surface area is 189 Å². The quantitative estimate of drug-likeness (QED) is 0.358. The number of benzene rings is 2. The molecule has 2 rings (SSSR count). The Balaban J connectivity index is 2.00. The largest absolute Gasteiger partial charge is 0.344 e. The molecular formula is C26H32N2O4. The first-order valence-corrected chi connectivity index (χ1v) is 11.2. The second-order valence-corrected chi connectivity index (χ2v) is 7.90. The van der Waals surface area contributed by atoms with E-state index in [2.05, 4.69) is 10.6 Å². The molecule has 170 valence electrons. The van der Waals surface area contributed by atoms with Gasteiger partial charge in [-0.25, -0.2) is 0 Å². The molecule has 2 N–H and O–H groups in total. The summed E-state index contributed by atoms with van der Waals surface area (Å²) in [5.74, 6) is -0.400. The van der Waals surface area contributed by atoms with Gasteiger partial charge in [0.2, 0.25) is 11.8 Å². The minimum absolute atomic E-state index is 0.0876. The maximum atomic E-state index is 12.9. The molecule has 2 amide bonds. The third kappa shape index (κ3) is 8.84. The van der Waals surface area contributed by atoms with Crippen LogP contribution in [0.1, 0.15) is 68.3 Å². The summed E-state index contributed by atoms with van der Waals surface area (Å²) in [6, 6.07) is 15.4. The zero-order valence-electron chi connectivity index (χ0n) is 18.9. The second-order valence-electron chi connectivity index (χ2n) is 7.90. The van der Waals surface area contributed by atoms with E-state index in [-0.39, 0.29) is 29.8 Å². The fraction of sp³-hybridized carbons (Fsp3) is 0.385. The summed E-state index contributed by atoms with van der Waals surface area (Å²) in [7, 11) is 0. The summed E-state index contributed by atoms with van der Waals surface area (Å²) in [6.07, 6.45) is 4.05. The number of anilines is 1. The maximum Gasteiger partial charge on any atom is 0.246 e. The molecule has 0 radical (unpaired) electrons. The number of unbranched alkanes of at least 4 members (excludes halogenated alkanes) is 2. The van der Waals surface area contributed by atoms with Gasteiger partial charge in [-0.3, -0.25) is 19.2 Å². The maximum absolute atomic E-state index is 12.9. The first-order chi connectivity index (χ1) is 15.4. The fourth-order valence-corrected chi connectivity index (χ4v) is 3.36. The Morgan fingerprint density at radius 2 is 1.66 bits per heavy atom. The van der Waals surface area contributed by atoms with Gasteiger partial charge in [0.25, 0.3) is 0 Å². The zero-order chi connectivity index (χ0) is 23.3. The lowest BCUT2D eigenvalue weighted by atomic mass is 10.0. The highest BCUT2D eigenvalue weighted by atomic mass is 16.2. The van der Waals surface area contributed by atoms with Crippen LogP contribution in [-0.2, 0) is 20.8 Å². The van der Waals surface area contributed by atoms with Crippen molar-refractivity contribution in [2.45, 2.75) is 64.8 Å². The third-order valence-corrected chi connectivity index (χ3v) is 5.24. The summed E-state index contributed by atoms with van der Waals surface area (Å²) >= 11 is 0. The molecular weight excluding hydrogens is 404 g/mol. The lowest BCUT2D eigenvalue weighted by Gasteiger charge is -2.19. The van der Waals surface area contributed by atoms with Crippen molar-refractivity contribution < 1.29 is 19.2 Å². The van der Waals surface area contributed by atoms with Gasteiger partial charge in [-0.05, 0) is 37.5 Å². The van der Waals surface area contributed by atoms with Crippen molar-refractivity contribution in [3.8, 4) is 0 Å². The molecule has 0 spiro atoms. The molecule has 0 heterocycles. The molecule has 0 aliphatic rings. The van der Waals surface area contributed by atoms with Crippen LogP contribution in [0.4, 0.5) is 5.69 Å². The van der Waals surface area contributed by atoms with Crippen molar-refractivity contribution in [1.82, 2.24) is 5.32 Å². The average Bonchev–Trinajstić information content (AvgIpc) is 2.78. The van der Waals surface area contributed by atoms with E-state index in [0.717, 1.165) is 18.4 Å². The summed E-state index contributed by atoms with van der Waals surface area (Å²) < 4.78 is 0. The lowest BCUT2D eigenvalue weighted by molar-refractivity contribution is -0.126. The Bertz CT molecular complexity index is 924. The Morgan fingerprint density at radius 1 is 0.906 bits per heavy atom. The van der Waals surface area contributed by atoms with Gasteiger partial charge in [-0.1, -0.05) is 62.2 Å². The van der Waals surface area contributed by atoms with Gasteiger partial charge in [0.1, 0.15) is 11.8 Å². The second kappa shape index (κ2) is 13.2. The van der Waals surface area contributed by atoms with Crippen molar-refractivity contribution in [3.05, 3.63) is 65.7 Å². The number of carbonyl (C=O) groups is 4. The van der Waals surface area contributed by atoms with Gasteiger partial charge in [-0.15, -0.1) is 0 Å². The van der Waals surface area contributed by atoms with Crippen LogP contribution in [0.3, 0.4) is 0 Å². The molecule has 0 saturated heterocycles. The van der Waals surface area contributed by atoms with E-state index in [1.807, 2.05) is 37.3 Å². The highest BCUT2D eigenvalue weighted by Crippen LogP contribution is 2.14. The SMILES string of the molecule is CCC(=O)CCCCCC(NC(=O)Cc1ccccc1)C(=O)Nc1cccc(C(C)=O)c1. The Morgan fingerprint density at radius 3 is 2.34 bits per heavy atom. The van der Waals surface area contributed by atoms with E-state index < -0.39 is 6.04 Å². The van der Waals surface area contributed by atoms with Crippen molar-refractivity contribution in [2.24, 2.45) is 0 Å². The average molecular weight is 437 g/mol. The summed E-state index contributed by atoms with van der Waals surface area (Å²) in [5, 5.41) is 5.66. The van der Waals surface area contributed by atoms with E-state index >= 15 is 0 Å². The van der Waals surface area contributed by atoms with Gasteiger partial charge < -0.3 is 10.6 Å². The van der Waals surface area contributed by atoms with Crippen molar-refractivity contribution in [1.29, 1.82) is 0 Å².